The maximum absolute atomic E-state index is 6.48. The van der Waals surface area contributed by atoms with E-state index in [4.69, 9.17) is 4.43 Å². The van der Waals surface area contributed by atoms with E-state index in [1.54, 1.807) is 0 Å². The Morgan fingerprint density at radius 3 is 2.18 bits per heavy atom. The number of benzene rings is 1. The van der Waals surface area contributed by atoms with Crippen LogP contribution >= 0.6 is 0 Å². The van der Waals surface area contributed by atoms with E-state index in [1.807, 2.05) is 0 Å². The Morgan fingerprint density at radius 1 is 1.14 bits per heavy atom. The van der Waals surface area contributed by atoms with Gasteiger partial charge in [0.2, 0.25) is 8.32 Å². The van der Waals surface area contributed by atoms with Crippen LogP contribution in [0.2, 0.25) is 19.6 Å². The molecule has 1 aliphatic carbocycles. The standard InChI is InChI=1S/C22H34NOSi.2ClH.Ti/c1-10-11-15(2)19-18(24-25(7,8)9)13-12-17-14-16(3)21(20(17)19)23-22(4,5)6;;;/h12-13,23H,10-11H2,1-9H3;2*1H;/q-1;;;+3/p-2. The van der Waals surface area contributed by atoms with Crippen LogP contribution in [0.3, 0.4) is 0 Å². The zero-order valence-corrected chi connectivity index (χ0v) is 22.8. The molecular weight excluding hydrogens is 441 g/mol. The Hall–Kier alpha value is -0.189. The molecule has 0 unspecified atom stereocenters. The van der Waals surface area contributed by atoms with Gasteiger partial charge < -0.3 is 34.6 Å². The van der Waals surface area contributed by atoms with Gasteiger partial charge in [0, 0.05) is 5.54 Å². The predicted molar refractivity (Wildman–Crippen MR) is 111 cm³/mol. The number of hydrogen-bond donors (Lipinski definition) is 1. The molecule has 2 rings (SSSR count). The topological polar surface area (TPSA) is 21.3 Å². The minimum Gasteiger partial charge on any atom is -1.00 e. The van der Waals surface area contributed by atoms with Crippen LogP contribution < -0.4 is 45.0 Å². The van der Waals surface area contributed by atoms with E-state index in [0.29, 0.717) is 0 Å². The van der Waals surface area contributed by atoms with Gasteiger partial charge in [0.25, 0.3) is 0 Å². The molecule has 0 bridgehead atoms. The Balaban J connectivity index is 0. The largest absolute Gasteiger partial charge is 3.00 e. The van der Waals surface area contributed by atoms with Crippen molar-refractivity contribution in [2.45, 2.75) is 79.6 Å². The van der Waals surface area contributed by atoms with Gasteiger partial charge in [-0.15, -0.1) is 28.5 Å². The average Bonchev–Trinajstić information content (AvgIpc) is 2.72. The van der Waals surface area contributed by atoms with Crippen LogP contribution in [0.4, 0.5) is 0 Å². The van der Waals surface area contributed by atoms with Gasteiger partial charge in [-0.05, 0) is 59.0 Å². The summed E-state index contributed by atoms with van der Waals surface area (Å²) in [6.45, 7) is 20.0. The smallest absolute Gasteiger partial charge is 1.00 e. The number of fused-ring (bicyclic) bond motifs is 1. The van der Waals surface area contributed by atoms with Gasteiger partial charge in [-0.3, -0.25) is 0 Å². The van der Waals surface area contributed by atoms with Crippen molar-refractivity contribution in [1.29, 1.82) is 0 Å². The third-order valence-corrected chi connectivity index (χ3v) is 4.91. The molecule has 155 valence electrons. The van der Waals surface area contributed by atoms with Crippen LogP contribution in [0.15, 0.2) is 17.7 Å². The maximum atomic E-state index is 6.48. The molecule has 1 aromatic carbocycles. The minimum absolute atomic E-state index is 0. The van der Waals surface area contributed by atoms with E-state index < -0.39 is 8.32 Å². The number of halogens is 2. The first kappa shape index (κ1) is 30.0. The number of hydrogen-bond acceptors (Lipinski definition) is 2. The second kappa shape index (κ2) is 11.3. The third-order valence-electron chi connectivity index (χ3n) is 4.08. The summed E-state index contributed by atoms with van der Waals surface area (Å²) in [6, 6.07) is 4.31. The first-order valence-corrected chi connectivity index (χ1v) is 12.8. The summed E-state index contributed by atoms with van der Waals surface area (Å²) in [5, 5.41) is 6.26. The van der Waals surface area contributed by atoms with Gasteiger partial charge in [-0.2, -0.15) is 0 Å². The van der Waals surface area contributed by atoms with E-state index in [-0.39, 0.29) is 52.1 Å². The molecule has 0 aliphatic heterocycles. The van der Waals surface area contributed by atoms with Gasteiger partial charge in [0.1, 0.15) is 0 Å². The molecule has 0 aromatic heterocycles. The van der Waals surface area contributed by atoms with Gasteiger partial charge >= 0.3 is 21.7 Å². The Morgan fingerprint density at radius 2 is 1.71 bits per heavy atom. The van der Waals surface area contributed by atoms with Gasteiger partial charge in [0.05, 0.1) is 5.75 Å². The summed E-state index contributed by atoms with van der Waals surface area (Å²) >= 11 is 0. The fraction of sp³-hybridized carbons (Fsp3) is 0.545. The van der Waals surface area contributed by atoms with Crippen LogP contribution in [0.1, 0.15) is 59.9 Å². The number of rotatable bonds is 5. The van der Waals surface area contributed by atoms with Gasteiger partial charge in [0.15, 0.2) is 0 Å². The Bertz CT molecular complexity index is 821. The summed E-state index contributed by atoms with van der Waals surface area (Å²) in [5.74, 6) is 1.04. The molecule has 1 aliphatic rings. The summed E-state index contributed by atoms with van der Waals surface area (Å²) < 4.78 is 6.48. The van der Waals surface area contributed by atoms with Crippen molar-refractivity contribution in [3.05, 3.63) is 39.8 Å². The maximum Gasteiger partial charge on any atom is 3.00 e. The van der Waals surface area contributed by atoms with Crippen molar-refractivity contribution < 1.29 is 51.0 Å². The molecule has 0 atom stereocenters. The van der Waals surface area contributed by atoms with E-state index in [0.717, 1.165) is 18.6 Å². The molecule has 0 amide bonds. The minimum atomic E-state index is -1.69. The van der Waals surface area contributed by atoms with Crippen molar-refractivity contribution in [2.24, 2.45) is 0 Å². The van der Waals surface area contributed by atoms with E-state index in [1.165, 1.54) is 32.8 Å². The van der Waals surface area contributed by atoms with E-state index in [9.17, 15) is 0 Å². The van der Waals surface area contributed by atoms with E-state index in [2.05, 4.69) is 84.7 Å². The molecule has 1 N–H and O–H groups in total. The fourth-order valence-corrected chi connectivity index (χ4v) is 4.10. The molecule has 2 nitrogen and oxygen atoms in total. The Labute approximate surface area is 200 Å². The number of nitrogens with one attached hydrogen (secondary N) is 1. The first-order chi connectivity index (χ1) is 11.4. The second-order valence-corrected chi connectivity index (χ2v) is 13.5. The molecule has 1 radical (unpaired) electrons. The molecule has 1 aromatic rings. The molecule has 0 saturated carbocycles. The normalized spacial score (nSPS) is 14.0. The quantitative estimate of drug-likeness (QED) is 0.413. The summed E-state index contributed by atoms with van der Waals surface area (Å²) in [5.41, 5.74) is 4.97. The van der Waals surface area contributed by atoms with Crippen LogP contribution in [0.5, 0.6) is 5.75 Å². The van der Waals surface area contributed by atoms with Crippen molar-refractivity contribution >= 4 is 19.6 Å². The summed E-state index contributed by atoms with van der Waals surface area (Å²) in [6.07, 6.45) is 5.78. The SMILES string of the molecule is CCCC(C)=c1c(O[Si](C)(C)C)ccc2c1=C(NC(C)(C)C)C(C)=[C-]2.[Cl-].[Cl-].[Ti+3]. The average molecular weight is 475 g/mol. The molecule has 0 fully saturated rings. The second-order valence-electron chi connectivity index (χ2n) is 9.11. The summed E-state index contributed by atoms with van der Waals surface area (Å²) in [7, 11) is -1.69. The molecule has 28 heavy (non-hydrogen) atoms. The molecule has 6 heteroatoms. The van der Waals surface area contributed by atoms with Crippen LogP contribution in [-0.2, 0) is 21.7 Å². The monoisotopic (exact) mass is 474 g/mol. The van der Waals surface area contributed by atoms with Crippen molar-refractivity contribution in [3.63, 3.8) is 0 Å². The van der Waals surface area contributed by atoms with Crippen molar-refractivity contribution in [2.75, 3.05) is 0 Å². The molecule has 0 spiro atoms. The first-order valence-electron chi connectivity index (χ1n) is 9.38. The third kappa shape index (κ3) is 7.57. The van der Waals surface area contributed by atoms with E-state index >= 15 is 0 Å². The fourth-order valence-electron chi connectivity index (χ4n) is 3.27. The zero-order valence-electron chi connectivity index (χ0n) is 18.7. The predicted octanol–water partition coefficient (Wildman–Crippen LogP) is -1.52. The van der Waals surface area contributed by atoms with Gasteiger partial charge in [-0.25, -0.2) is 0 Å². The molecular formula is C22H34Cl2NOSiTi. The Kier molecular flexibility index (Phi) is 12.1. The van der Waals surface area contributed by atoms with Crippen molar-refractivity contribution in [3.8, 4) is 5.75 Å². The van der Waals surface area contributed by atoms with Crippen LogP contribution in [0.25, 0.3) is 11.3 Å². The zero-order chi connectivity index (χ0) is 19.0. The molecule has 0 heterocycles. The van der Waals surface area contributed by atoms with Gasteiger partial charge in [-0.1, -0.05) is 37.6 Å². The molecule has 0 saturated heterocycles. The van der Waals surface area contributed by atoms with Crippen molar-refractivity contribution in [1.82, 2.24) is 5.32 Å². The van der Waals surface area contributed by atoms with Crippen LogP contribution in [-0.4, -0.2) is 13.9 Å². The van der Waals surface area contributed by atoms with Crippen LogP contribution in [0, 0.1) is 6.08 Å². The summed E-state index contributed by atoms with van der Waals surface area (Å²) in [4.78, 5) is 0.